The van der Waals surface area contributed by atoms with Crippen molar-refractivity contribution in [2.24, 2.45) is 0 Å². The number of rotatable bonds is 3. The van der Waals surface area contributed by atoms with E-state index >= 15 is 0 Å². The molecule has 0 unspecified atom stereocenters. The van der Waals surface area contributed by atoms with Gasteiger partial charge < -0.3 is 9.84 Å². The van der Waals surface area contributed by atoms with Gasteiger partial charge in [0, 0.05) is 5.57 Å². The van der Waals surface area contributed by atoms with E-state index in [4.69, 9.17) is 4.74 Å². The van der Waals surface area contributed by atoms with Crippen molar-refractivity contribution >= 4 is 12.0 Å². The van der Waals surface area contributed by atoms with Gasteiger partial charge in [0.25, 0.3) is 0 Å². The number of benzene rings is 2. The van der Waals surface area contributed by atoms with Crippen LogP contribution in [0.25, 0.3) is 6.08 Å². The van der Waals surface area contributed by atoms with E-state index in [1.807, 2.05) is 30.3 Å². The van der Waals surface area contributed by atoms with Crippen molar-refractivity contribution in [3.63, 3.8) is 0 Å². The molecule has 0 fully saturated rings. The van der Waals surface area contributed by atoms with E-state index in [1.165, 1.54) is 6.07 Å². The zero-order chi connectivity index (χ0) is 13.7. The summed E-state index contributed by atoms with van der Waals surface area (Å²) < 4.78 is 5.12. The Morgan fingerprint density at radius 1 is 1.05 bits per heavy atom. The number of aromatic hydroxyl groups is 1. The lowest BCUT2D eigenvalue weighted by Crippen LogP contribution is -2.09. The zero-order valence-corrected chi connectivity index (χ0v) is 10.5. The average Bonchev–Trinajstić information content (AvgIpc) is 2.42. The molecule has 0 aliphatic heterocycles. The van der Waals surface area contributed by atoms with E-state index in [9.17, 15) is 9.90 Å². The molecule has 19 heavy (non-hydrogen) atoms. The molecule has 0 aliphatic rings. The summed E-state index contributed by atoms with van der Waals surface area (Å²) in [6.45, 7) is 1.68. The molecule has 3 heteroatoms. The van der Waals surface area contributed by atoms with E-state index in [2.05, 4.69) is 0 Å². The molecule has 2 aromatic rings. The first-order valence-corrected chi connectivity index (χ1v) is 5.90. The van der Waals surface area contributed by atoms with Crippen LogP contribution in [0.4, 0.5) is 0 Å². The monoisotopic (exact) mass is 254 g/mol. The summed E-state index contributed by atoms with van der Waals surface area (Å²) in [6, 6.07) is 15.9. The highest BCUT2D eigenvalue weighted by atomic mass is 16.5. The topological polar surface area (TPSA) is 46.5 Å². The molecule has 0 amide bonds. The molecule has 0 aromatic heterocycles. The van der Waals surface area contributed by atoms with Crippen LogP contribution in [0.5, 0.6) is 11.5 Å². The Kier molecular flexibility index (Phi) is 3.98. The van der Waals surface area contributed by atoms with Gasteiger partial charge in [0.1, 0.15) is 0 Å². The number of hydrogen-bond acceptors (Lipinski definition) is 3. The van der Waals surface area contributed by atoms with Gasteiger partial charge in [0.2, 0.25) is 0 Å². The van der Waals surface area contributed by atoms with E-state index in [0.717, 1.165) is 5.56 Å². The van der Waals surface area contributed by atoms with Crippen molar-refractivity contribution in [1.29, 1.82) is 0 Å². The van der Waals surface area contributed by atoms with Crippen molar-refractivity contribution < 1.29 is 14.6 Å². The number of phenols is 1. The minimum absolute atomic E-state index is 0.0524. The highest BCUT2D eigenvalue weighted by molar-refractivity contribution is 5.94. The summed E-state index contributed by atoms with van der Waals surface area (Å²) in [5, 5.41) is 9.53. The van der Waals surface area contributed by atoms with Crippen molar-refractivity contribution in [2.45, 2.75) is 6.92 Å². The van der Waals surface area contributed by atoms with Gasteiger partial charge in [-0.25, -0.2) is 4.79 Å². The molecule has 0 aliphatic carbocycles. The van der Waals surface area contributed by atoms with Crippen molar-refractivity contribution in [2.75, 3.05) is 0 Å². The summed E-state index contributed by atoms with van der Waals surface area (Å²) in [7, 11) is 0. The fraction of sp³-hybridized carbons (Fsp3) is 0.0625. The van der Waals surface area contributed by atoms with Crippen LogP contribution in [-0.4, -0.2) is 11.1 Å². The molecule has 0 atom stereocenters. The van der Waals surface area contributed by atoms with Crippen molar-refractivity contribution in [3.05, 3.63) is 65.7 Å². The SMILES string of the molecule is C/C(=C\c1ccccc1)C(=O)Oc1ccccc1O. The smallest absolute Gasteiger partial charge is 0.339 e. The van der Waals surface area contributed by atoms with Crippen LogP contribution in [-0.2, 0) is 4.79 Å². The summed E-state index contributed by atoms with van der Waals surface area (Å²) in [5.74, 6) is -0.373. The van der Waals surface area contributed by atoms with Gasteiger partial charge in [-0.15, -0.1) is 0 Å². The number of phenolic OH excluding ortho intramolecular Hbond substituents is 1. The van der Waals surface area contributed by atoms with Gasteiger partial charge in [-0.3, -0.25) is 0 Å². The Bertz CT molecular complexity index is 600. The molecule has 0 saturated carbocycles. The third-order valence-electron chi connectivity index (χ3n) is 2.57. The van der Waals surface area contributed by atoms with Crippen LogP contribution in [0, 0.1) is 0 Å². The van der Waals surface area contributed by atoms with E-state index in [-0.39, 0.29) is 11.5 Å². The summed E-state index contributed by atoms with van der Waals surface area (Å²) >= 11 is 0. The molecule has 0 saturated heterocycles. The minimum atomic E-state index is -0.481. The van der Waals surface area contributed by atoms with Gasteiger partial charge in [0.05, 0.1) is 0 Å². The van der Waals surface area contributed by atoms with Crippen LogP contribution < -0.4 is 4.74 Å². The van der Waals surface area contributed by atoms with Crippen LogP contribution in [0.1, 0.15) is 12.5 Å². The molecule has 96 valence electrons. The molecule has 2 rings (SSSR count). The third kappa shape index (κ3) is 3.45. The molecule has 0 radical (unpaired) electrons. The molecular weight excluding hydrogens is 240 g/mol. The Morgan fingerprint density at radius 3 is 2.37 bits per heavy atom. The van der Waals surface area contributed by atoms with Gasteiger partial charge in [0.15, 0.2) is 11.5 Å². The molecular formula is C16H14O3. The lowest BCUT2D eigenvalue weighted by Gasteiger charge is -2.06. The molecule has 0 heterocycles. The predicted octanol–water partition coefficient (Wildman–Crippen LogP) is 3.40. The van der Waals surface area contributed by atoms with Crippen LogP contribution in [0.2, 0.25) is 0 Å². The Balaban J connectivity index is 2.12. The largest absolute Gasteiger partial charge is 0.504 e. The minimum Gasteiger partial charge on any atom is -0.504 e. The third-order valence-corrected chi connectivity index (χ3v) is 2.57. The molecule has 3 nitrogen and oxygen atoms in total. The first kappa shape index (κ1) is 12.9. The maximum absolute atomic E-state index is 11.9. The van der Waals surface area contributed by atoms with Gasteiger partial charge in [-0.2, -0.15) is 0 Å². The maximum atomic E-state index is 11.9. The maximum Gasteiger partial charge on any atom is 0.339 e. The summed E-state index contributed by atoms with van der Waals surface area (Å²) in [6.07, 6.45) is 1.74. The number of hydrogen-bond donors (Lipinski definition) is 1. The predicted molar refractivity (Wildman–Crippen MR) is 73.8 cm³/mol. The summed E-state index contributed by atoms with van der Waals surface area (Å²) in [4.78, 5) is 11.9. The van der Waals surface area contributed by atoms with Gasteiger partial charge in [-0.1, -0.05) is 42.5 Å². The lowest BCUT2D eigenvalue weighted by molar-refractivity contribution is -0.130. The number of carbonyl (C=O) groups is 1. The Morgan fingerprint density at radius 2 is 1.68 bits per heavy atom. The number of esters is 1. The lowest BCUT2D eigenvalue weighted by atomic mass is 10.1. The Labute approximate surface area is 111 Å². The van der Waals surface area contributed by atoms with Crippen LogP contribution >= 0.6 is 0 Å². The quantitative estimate of drug-likeness (QED) is 0.518. The molecule has 0 bridgehead atoms. The van der Waals surface area contributed by atoms with E-state index in [1.54, 1.807) is 31.2 Å². The fourth-order valence-corrected chi connectivity index (χ4v) is 1.58. The molecule has 1 N–H and O–H groups in total. The zero-order valence-electron chi connectivity index (χ0n) is 10.5. The summed E-state index contributed by atoms with van der Waals surface area (Å²) in [5.41, 5.74) is 1.39. The van der Waals surface area contributed by atoms with E-state index < -0.39 is 5.97 Å². The highest BCUT2D eigenvalue weighted by Gasteiger charge is 2.10. The first-order chi connectivity index (χ1) is 9.16. The number of carbonyl (C=O) groups excluding carboxylic acids is 1. The second-order valence-electron chi connectivity index (χ2n) is 4.10. The van der Waals surface area contributed by atoms with Crippen LogP contribution in [0.3, 0.4) is 0 Å². The second-order valence-corrected chi connectivity index (χ2v) is 4.10. The normalized spacial score (nSPS) is 11.1. The average molecular weight is 254 g/mol. The molecule has 0 spiro atoms. The fourth-order valence-electron chi connectivity index (χ4n) is 1.58. The Hall–Kier alpha value is -2.55. The molecule has 2 aromatic carbocycles. The van der Waals surface area contributed by atoms with Gasteiger partial charge in [-0.05, 0) is 30.7 Å². The highest BCUT2D eigenvalue weighted by Crippen LogP contribution is 2.25. The van der Waals surface area contributed by atoms with Crippen molar-refractivity contribution in [1.82, 2.24) is 0 Å². The number of para-hydroxylation sites is 2. The van der Waals surface area contributed by atoms with Crippen LogP contribution in [0.15, 0.2) is 60.2 Å². The second kappa shape index (κ2) is 5.87. The van der Waals surface area contributed by atoms with Gasteiger partial charge >= 0.3 is 5.97 Å². The van der Waals surface area contributed by atoms with E-state index in [0.29, 0.717) is 5.57 Å². The van der Waals surface area contributed by atoms with Crippen molar-refractivity contribution in [3.8, 4) is 11.5 Å². The first-order valence-electron chi connectivity index (χ1n) is 5.90. The number of ether oxygens (including phenoxy) is 1. The standard InChI is InChI=1S/C16H14O3/c1-12(11-13-7-3-2-4-8-13)16(18)19-15-10-6-5-9-14(15)17/h2-11,17H,1H3/b12-11+.